The van der Waals surface area contributed by atoms with Crippen molar-refractivity contribution in [2.45, 2.75) is 58.6 Å². The van der Waals surface area contributed by atoms with Crippen LogP contribution in [0.5, 0.6) is 5.75 Å². The summed E-state index contributed by atoms with van der Waals surface area (Å²) in [5.41, 5.74) is 2.27. The summed E-state index contributed by atoms with van der Waals surface area (Å²) in [5, 5.41) is 3.34. The molecule has 27 heavy (non-hydrogen) atoms. The molecule has 3 rings (SSSR count). The van der Waals surface area contributed by atoms with Gasteiger partial charge in [0.2, 0.25) is 0 Å². The predicted molar refractivity (Wildman–Crippen MR) is 109 cm³/mol. The number of rotatable bonds is 6. The first-order valence-electron chi connectivity index (χ1n) is 9.87. The maximum Gasteiger partial charge on any atom is 0.255 e. The van der Waals surface area contributed by atoms with E-state index in [0.29, 0.717) is 11.6 Å². The number of aromatic nitrogens is 1. The van der Waals surface area contributed by atoms with Crippen molar-refractivity contribution >= 4 is 17.3 Å². The zero-order valence-electron chi connectivity index (χ0n) is 16.4. The molecule has 1 fully saturated rings. The number of benzene rings is 1. The lowest BCUT2D eigenvalue weighted by molar-refractivity contribution is 0.0607. The van der Waals surface area contributed by atoms with Crippen molar-refractivity contribution in [2.24, 2.45) is 0 Å². The molecule has 144 valence electrons. The Labute approximate surface area is 161 Å². The summed E-state index contributed by atoms with van der Waals surface area (Å²) >= 11 is 0. The number of carbonyl (C=O) groups is 1. The van der Waals surface area contributed by atoms with Crippen LogP contribution in [0.2, 0.25) is 0 Å². The van der Waals surface area contributed by atoms with Gasteiger partial charge in [0.05, 0.1) is 29.2 Å². The SMILES string of the molecule is CCC1CCCCN1C(=O)c1cncc(Nc2ccccc2OC(C)C)c1. The lowest BCUT2D eigenvalue weighted by atomic mass is 9.99. The maximum absolute atomic E-state index is 13.0. The third kappa shape index (κ3) is 4.79. The topological polar surface area (TPSA) is 54.5 Å². The van der Waals surface area contributed by atoms with Crippen molar-refractivity contribution in [3.63, 3.8) is 0 Å². The number of likely N-dealkylation sites (tertiary alicyclic amines) is 1. The molecule has 1 aliphatic rings. The molecule has 1 aromatic heterocycles. The highest BCUT2D eigenvalue weighted by Crippen LogP contribution is 2.29. The molecule has 1 aliphatic heterocycles. The van der Waals surface area contributed by atoms with Crippen LogP contribution < -0.4 is 10.1 Å². The Morgan fingerprint density at radius 1 is 1.30 bits per heavy atom. The molecule has 2 heterocycles. The first-order valence-corrected chi connectivity index (χ1v) is 9.87. The summed E-state index contributed by atoms with van der Waals surface area (Å²) in [7, 11) is 0. The van der Waals surface area contributed by atoms with Gasteiger partial charge in [-0.3, -0.25) is 9.78 Å². The van der Waals surface area contributed by atoms with Gasteiger partial charge in [0, 0.05) is 18.8 Å². The number of nitrogens with one attached hydrogen (secondary N) is 1. The molecular formula is C22H29N3O2. The molecule has 1 aromatic carbocycles. The lowest BCUT2D eigenvalue weighted by Gasteiger charge is -2.35. The molecule has 0 spiro atoms. The van der Waals surface area contributed by atoms with Crippen molar-refractivity contribution in [3.8, 4) is 5.75 Å². The van der Waals surface area contributed by atoms with E-state index in [1.807, 2.05) is 49.1 Å². The highest BCUT2D eigenvalue weighted by Gasteiger charge is 2.26. The Bertz CT molecular complexity index is 776. The second-order valence-electron chi connectivity index (χ2n) is 7.31. The Kier molecular flexibility index (Phi) is 6.32. The van der Waals surface area contributed by atoms with E-state index in [9.17, 15) is 4.79 Å². The number of amides is 1. The summed E-state index contributed by atoms with van der Waals surface area (Å²) in [6.45, 7) is 6.99. The summed E-state index contributed by atoms with van der Waals surface area (Å²) in [6.07, 6.45) is 7.85. The van der Waals surface area contributed by atoms with Crippen LogP contribution in [0.25, 0.3) is 0 Å². The summed E-state index contributed by atoms with van der Waals surface area (Å²) < 4.78 is 5.86. The number of pyridine rings is 1. The average molecular weight is 367 g/mol. The number of ether oxygens (including phenoxy) is 1. The molecule has 2 aromatic rings. The van der Waals surface area contributed by atoms with Crippen LogP contribution in [0.1, 0.15) is 56.8 Å². The number of hydrogen-bond donors (Lipinski definition) is 1. The first-order chi connectivity index (χ1) is 13.1. The number of piperidine rings is 1. The quantitative estimate of drug-likeness (QED) is 0.779. The van der Waals surface area contributed by atoms with Gasteiger partial charge >= 0.3 is 0 Å². The van der Waals surface area contributed by atoms with Gasteiger partial charge in [-0.2, -0.15) is 0 Å². The molecule has 0 radical (unpaired) electrons. The summed E-state index contributed by atoms with van der Waals surface area (Å²) in [6, 6.07) is 10.0. The summed E-state index contributed by atoms with van der Waals surface area (Å²) in [5.74, 6) is 0.857. The largest absolute Gasteiger partial charge is 0.489 e. The Hall–Kier alpha value is -2.56. The number of carbonyl (C=O) groups excluding carboxylic acids is 1. The zero-order valence-corrected chi connectivity index (χ0v) is 16.4. The molecule has 0 saturated carbocycles. The average Bonchev–Trinajstić information content (AvgIpc) is 2.69. The minimum absolute atomic E-state index is 0.0735. The number of para-hydroxylation sites is 2. The molecule has 0 bridgehead atoms. The summed E-state index contributed by atoms with van der Waals surface area (Å²) in [4.78, 5) is 19.3. The predicted octanol–water partition coefficient (Wildman–Crippen LogP) is 5.02. The van der Waals surface area contributed by atoms with Crippen molar-refractivity contribution in [3.05, 3.63) is 48.3 Å². The first kappa shape index (κ1) is 19.2. The van der Waals surface area contributed by atoms with Gasteiger partial charge in [-0.15, -0.1) is 0 Å². The van der Waals surface area contributed by atoms with E-state index in [4.69, 9.17) is 4.74 Å². The van der Waals surface area contributed by atoms with Crippen LogP contribution >= 0.6 is 0 Å². The van der Waals surface area contributed by atoms with Gasteiger partial charge in [0.15, 0.2) is 0 Å². The fraction of sp³-hybridized carbons (Fsp3) is 0.455. The smallest absolute Gasteiger partial charge is 0.255 e. The highest BCUT2D eigenvalue weighted by molar-refractivity contribution is 5.95. The van der Waals surface area contributed by atoms with Crippen LogP contribution in [0.4, 0.5) is 11.4 Å². The van der Waals surface area contributed by atoms with Gasteiger partial charge in [-0.05, 0) is 57.7 Å². The molecule has 5 heteroatoms. The molecule has 1 unspecified atom stereocenters. The van der Waals surface area contributed by atoms with Gasteiger partial charge in [0.1, 0.15) is 5.75 Å². The minimum Gasteiger partial charge on any atom is -0.489 e. The Morgan fingerprint density at radius 3 is 2.89 bits per heavy atom. The zero-order chi connectivity index (χ0) is 19.2. The number of hydrogen-bond acceptors (Lipinski definition) is 4. The van der Waals surface area contributed by atoms with E-state index in [-0.39, 0.29) is 12.0 Å². The van der Waals surface area contributed by atoms with Gasteiger partial charge in [0.25, 0.3) is 5.91 Å². The van der Waals surface area contributed by atoms with Crippen LogP contribution in [0.15, 0.2) is 42.7 Å². The number of nitrogens with zero attached hydrogens (tertiary/aromatic N) is 2. The Morgan fingerprint density at radius 2 is 2.11 bits per heavy atom. The van der Waals surface area contributed by atoms with Gasteiger partial charge in [-0.1, -0.05) is 19.1 Å². The van der Waals surface area contributed by atoms with E-state index < -0.39 is 0 Å². The fourth-order valence-corrected chi connectivity index (χ4v) is 3.57. The van der Waals surface area contributed by atoms with Crippen LogP contribution in [0, 0.1) is 0 Å². The van der Waals surface area contributed by atoms with E-state index in [1.165, 1.54) is 6.42 Å². The molecular weight excluding hydrogens is 338 g/mol. The highest BCUT2D eigenvalue weighted by atomic mass is 16.5. The van der Waals surface area contributed by atoms with E-state index >= 15 is 0 Å². The molecule has 0 aliphatic carbocycles. The molecule has 1 saturated heterocycles. The van der Waals surface area contributed by atoms with Crippen molar-refractivity contribution in [2.75, 3.05) is 11.9 Å². The molecule has 1 amide bonds. The fourth-order valence-electron chi connectivity index (χ4n) is 3.57. The van der Waals surface area contributed by atoms with Crippen molar-refractivity contribution in [1.29, 1.82) is 0 Å². The third-order valence-electron chi connectivity index (χ3n) is 4.87. The maximum atomic E-state index is 13.0. The second-order valence-corrected chi connectivity index (χ2v) is 7.31. The lowest BCUT2D eigenvalue weighted by Crippen LogP contribution is -2.43. The third-order valence-corrected chi connectivity index (χ3v) is 4.87. The van der Waals surface area contributed by atoms with Crippen LogP contribution in [-0.4, -0.2) is 34.5 Å². The van der Waals surface area contributed by atoms with Gasteiger partial charge < -0.3 is 15.0 Å². The number of anilines is 2. The monoisotopic (exact) mass is 367 g/mol. The normalized spacial score (nSPS) is 17.0. The van der Waals surface area contributed by atoms with Crippen molar-refractivity contribution < 1.29 is 9.53 Å². The van der Waals surface area contributed by atoms with E-state index in [0.717, 1.165) is 42.9 Å². The molecule has 5 nitrogen and oxygen atoms in total. The Balaban J connectivity index is 1.79. The standard InChI is InChI=1S/C22H29N3O2/c1-4-19-9-7-8-12-25(19)22(26)17-13-18(15-23-14-17)24-20-10-5-6-11-21(20)27-16(2)3/h5-6,10-11,13-16,19,24H,4,7-9,12H2,1-3H3. The van der Waals surface area contributed by atoms with Crippen LogP contribution in [-0.2, 0) is 0 Å². The van der Waals surface area contributed by atoms with Gasteiger partial charge in [-0.25, -0.2) is 0 Å². The minimum atomic E-state index is 0.0735. The van der Waals surface area contributed by atoms with E-state index in [1.54, 1.807) is 12.4 Å². The molecule has 1 N–H and O–H groups in total. The second kappa shape index (κ2) is 8.89. The van der Waals surface area contributed by atoms with Crippen LogP contribution in [0.3, 0.4) is 0 Å². The van der Waals surface area contributed by atoms with Crippen molar-refractivity contribution in [1.82, 2.24) is 9.88 Å². The van der Waals surface area contributed by atoms with E-state index in [2.05, 4.69) is 17.2 Å². The molecule has 1 atom stereocenters.